The summed E-state index contributed by atoms with van der Waals surface area (Å²) in [7, 11) is 1.34. The highest BCUT2D eigenvalue weighted by molar-refractivity contribution is 6.06. The third-order valence-corrected chi connectivity index (χ3v) is 5.83. The highest BCUT2D eigenvalue weighted by Crippen LogP contribution is 2.46. The average molecular weight is 408 g/mol. The van der Waals surface area contributed by atoms with Gasteiger partial charge < -0.3 is 10.1 Å². The lowest BCUT2D eigenvalue weighted by Gasteiger charge is -2.24. The van der Waals surface area contributed by atoms with E-state index in [0.717, 1.165) is 27.6 Å². The van der Waals surface area contributed by atoms with Crippen LogP contribution in [-0.2, 0) is 9.53 Å². The molecule has 0 saturated carbocycles. The van der Waals surface area contributed by atoms with Crippen LogP contribution < -0.4 is 5.32 Å². The first-order valence-electron chi connectivity index (χ1n) is 10.1. The van der Waals surface area contributed by atoms with Crippen molar-refractivity contribution in [3.05, 3.63) is 102 Å². The van der Waals surface area contributed by atoms with Crippen LogP contribution in [0.3, 0.4) is 0 Å². The highest BCUT2D eigenvalue weighted by atomic mass is 16.5. The van der Waals surface area contributed by atoms with Crippen LogP contribution in [0.4, 0.5) is 0 Å². The molecule has 0 fully saturated rings. The number of aromatic nitrogens is 1. The Morgan fingerprint density at radius 3 is 2.19 bits per heavy atom. The normalized spacial score (nSPS) is 13.3. The summed E-state index contributed by atoms with van der Waals surface area (Å²) in [5.74, 6) is -1.19. The zero-order valence-electron chi connectivity index (χ0n) is 16.9. The van der Waals surface area contributed by atoms with Gasteiger partial charge in [-0.25, -0.2) is 4.79 Å². The van der Waals surface area contributed by atoms with E-state index in [9.17, 15) is 9.59 Å². The molecule has 152 valence electrons. The summed E-state index contributed by atoms with van der Waals surface area (Å²) in [5, 5.41) is 3.81. The molecule has 0 saturated heterocycles. The third kappa shape index (κ3) is 3.15. The number of benzene rings is 3. The Morgan fingerprint density at radius 1 is 0.871 bits per heavy atom. The van der Waals surface area contributed by atoms with Gasteiger partial charge in [0.05, 0.1) is 18.2 Å². The number of amides is 1. The number of ether oxygens (including phenoxy) is 1. The SMILES string of the molecule is COC(=O)[C@H](NC(=O)c1cccc2cccnc12)C1c2ccccc2-c2ccccc21. The Morgan fingerprint density at radius 2 is 1.52 bits per heavy atom. The van der Waals surface area contributed by atoms with Crippen LogP contribution in [0.15, 0.2) is 85.1 Å². The van der Waals surface area contributed by atoms with E-state index in [-0.39, 0.29) is 11.8 Å². The smallest absolute Gasteiger partial charge is 0.329 e. The molecule has 1 aromatic heterocycles. The Kier molecular flexibility index (Phi) is 4.71. The molecule has 1 N–H and O–H groups in total. The molecule has 1 aliphatic carbocycles. The van der Waals surface area contributed by atoms with Crippen molar-refractivity contribution in [3.63, 3.8) is 0 Å². The van der Waals surface area contributed by atoms with Gasteiger partial charge in [0.15, 0.2) is 0 Å². The fourth-order valence-corrected chi connectivity index (χ4v) is 4.47. The van der Waals surface area contributed by atoms with Crippen LogP contribution in [0.5, 0.6) is 0 Å². The molecule has 31 heavy (non-hydrogen) atoms. The molecule has 3 aromatic carbocycles. The van der Waals surface area contributed by atoms with Crippen LogP contribution in [0.25, 0.3) is 22.0 Å². The van der Waals surface area contributed by atoms with E-state index in [1.807, 2.05) is 72.8 Å². The first kappa shape index (κ1) is 19.0. The molecule has 5 nitrogen and oxygen atoms in total. The van der Waals surface area contributed by atoms with Crippen LogP contribution in [0, 0.1) is 0 Å². The Labute approximate surface area is 179 Å². The molecule has 0 aliphatic heterocycles. The predicted molar refractivity (Wildman–Crippen MR) is 119 cm³/mol. The number of nitrogens with one attached hydrogen (secondary N) is 1. The summed E-state index contributed by atoms with van der Waals surface area (Å²) in [5.41, 5.74) is 5.15. The molecule has 0 radical (unpaired) electrons. The predicted octanol–water partition coefficient (Wildman–Crippen LogP) is 4.32. The lowest BCUT2D eigenvalue weighted by atomic mass is 9.89. The van der Waals surface area contributed by atoms with Crippen molar-refractivity contribution in [2.24, 2.45) is 0 Å². The third-order valence-electron chi connectivity index (χ3n) is 5.83. The average Bonchev–Trinajstić information content (AvgIpc) is 3.16. The number of carbonyl (C=O) groups is 2. The van der Waals surface area contributed by atoms with Gasteiger partial charge in [0.2, 0.25) is 0 Å². The summed E-state index contributed by atoms with van der Waals surface area (Å²) in [6, 6.07) is 24.2. The van der Waals surface area contributed by atoms with E-state index < -0.39 is 12.0 Å². The van der Waals surface area contributed by atoms with Crippen LogP contribution >= 0.6 is 0 Å². The van der Waals surface area contributed by atoms with Gasteiger partial charge in [-0.3, -0.25) is 9.78 Å². The second-order valence-electron chi connectivity index (χ2n) is 7.51. The van der Waals surface area contributed by atoms with Crippen molar-refractivity contribution in [2.45, 2.75) is 12.0 Å². The van der Waals surface area contributed by atoms with Crippen molar-refractivity contribution < 1.29 is 14.3 Å². The maximum absolute atomic E-state index is 13.3. The Balaban J connectivity index is 1.59. The fraction of sp³-hybridized carbons (Fsp3) is 0.115. The number of methoxy groups -OCH3 is 1. The van der Waals surface area contributed by atoms with E-state index in [4.69, 9.17) is 4.74 Å². The van der Waals surface area contributed by atoms with Gasteiger partial charge >= 0.3 is 5.97 Å². The second kappa shape index (κ2) is 7.69. The van der Waals surface area contributed by atoms with Crippen LogP contribution in [-0.4, -0.2) is 30.0 Å². The van der Waals surface area contributed by atoms with Gasteiger partial charge in [-0.2, -0.15) is 0 Å². The van der Waals surface area contributed by atoms with Crippen molar-refractivity contribution in [1.82, 2.24) is 10.3 Å². The van der Waals surface area contributed by atoms with E-state index >= 15 is 0 Å². The highest BCUT2D eigenvalue weighted by Gasteiger charge is 2.39. The number of pyridine rings is 1. The quantitative estimate of drug-likeness (QED) is 0.511. The number of hydrogen-bond donors (Lipinski definition) is 1. The summed E-state index contributed by atoms with van der Waals surface area (Å²) < 4.78 is 5.11. The molecule has 1 atom stereocenters. The van der Waals surface area contributed by atoms with E-state index in [2.05, 4.69) is 10.3 Å². The molecule has 0 unspecified atom stereocenters. The fourth-order valence-electron chi connectivity index (χ4n) is 4.47. The van der Waals surface area contributed by atoms with Gasteiger partial charge in [0, 0.05) is 17.5 Å². The number of esters is 1. The van der Waals surface area contributed by atoms with Gasteiger partial charge in [-0.05, 0) is 34.4 Å². The minimum Gasteiger partial charge on any atom is -0.467 e. The van der Waals surface area contributed by atoms with Gasteiger partial charge in [0.1, 0.15) is 6.04 Å². The number of carbonyl (C=O) groups excluding carboxylic acids is 2. The first-order chi connectivity index (χ1) is 15.2. The molecule has 1 heterocycles. The standard InChI is InChI=1S/C26H20N2O3/c1-31-26(30)24(28-25(29)21-14-6-8-16-9-7-15-27-23(16)21)22-19-12-4-2-10-17(19)18-11-3-5-13-20(18)22/h2-15,22,24H,1H3,(H,28,29)/t24-/m1/s1. The number of para-hydroxylation sites is 1. The van der Waals surface area contributed by atoms with Crippen molar-refractivity contribution in [1.29, 1.82) is 0 Å². The largest absolute Gasteiger partial charge is 0.467 e. The topological polar surface area (TPSA) is 68.3 Å². The number of nitrogens with zero attached hydrogens (tertiary/aromatic N) is 1. The number of hydrogen-bond acceptors (Lipinski definition) is 4. The molecule has 0 spiro atoms. The molecular weight excluding hydrogens is 388 g/mol. The van der Waals surface area contributed by atoms with Crippen molar-refractivity contribution >= 4 is 22.8 Å². The van der Waals surface area contributed by atoms with Crippen molar-refractivity contribution in [2.75, 3.05) is 7.11 Å². The van der Waals surface area contributed by atoms with Gasteiger partial charge in [0.25, 0.3) is 5.91 Å². The summed E-state index contributed by atoms with van der Waals surface area (Å²) in [6.07, 6.45) is 1.65. The molecule has 0 bridgehead atoms. The molecule has 4 aromatic rings. The molecular formula is C26H20N2O3. The molecule has 5 rings (SSSR count). The lowest BCUT2D eigenvalue weighted by Crippen LogP contribution is -2.45. The first-order valence-corrected chi connectivity index (χ1v) is 10.1. The molecule has 1 aliphatic rings. The van der Waals surface area contributed by atoms with Crippen LogP contribution in [0.1, 0.15) is 27.4 Å². The van der Waals surface area contributed by atoms with E-state index in [0.29, 0.717) is 11.1 Å². The second-order valence-corrected chi connectivity index (χ2v) is 7.51. The maximum atomic E-state index is 13.3. The minimum absolute atomic E-state index is 0.341. The Hall–Kier alpha value is -3.99. The van der Waals surface area contributed by atoms with E-state index in [1.54, 1.807) is 12.3 Å². The van der Waals surface area contributed by atoms with E-state index in [1.165, 1.54) is 7.11 Å². The van der Waals surface area contributed by atoms with Gasteiger partial charge in [-0.15, -0.1) is 0 Å². The Bertz CT molecular complexity index is 1260. The molecule has 5 heteroatoms. The van der Waals surface area contributed by atoms with Crippen LogP contribution in [0.2, 0.25) is 0 Å². The summed E-state index contributed by atoms with van der Waals surface area (Å²) >= 11 is 0. The number of fused-ring (bicyclic) bond motifs is 4. The van der Waals surface area contributed by atoms with Crippen molar-refractivity contribution in [3.8, 4) is 11.1 Å². The molecule has 1 amide bonds. The zero-order valence-corrected chi connectivity index (χ0v) is 16.9. The number of rotatable bonds is 4. The summed E-state index contributed by atoms with van der Waals surface area (Å²) in [6.45, 7) is 0. The minimum atomic E-state index is -0.874. The summed E-state index contributed by atoms with van der Waals surface area (Å²) in [4.78, 5) is 30.6. The maximum Gasteiger partial charge on any atom is 0.329 e. The zero-order chi connectivity index (χ0) is 21.4. The van der Waals surface area contributed by atoms with Gasteiger partial charge in [-0.1, -0.05) is 66.7 Å². The lowest BCUT2D eigenvalue weighted by molar-refractivity contribution is -0.143. The monoisotopic (exact) mass is 408 g/mol.